The predicted molar refractivity (Wildman–Crippen MR) is 79.0 cm³/mol. The van der Waals surface area contributed by atoms with Crippen molar-refractivity contribution in [3.05, 3.63) is 22.4 Å². The number of rotatable bonds is 2. The molecule has 0 aromatic carbocycles. The van der Waals surface area contributed by atoms with Crippen LogP contribution in [0.15, 0.2) is 17.5 Å². The molecule has 0 radical (unpaired) electrons. The van der Waals surface area contributed by atoms with Gasteiger partial charge in [-0.05, 0) is 37.8 Å². The second kappa shape index (κ2) is 5.81. The molecule has 2 fully saturated rings. The zero-order chi connectivity index (χ0) is 12.7. The van der Waals surface area contributed by atoms with E-state index < -0.39 is 0 Å². The van der Waals surface area contributed by atoms with Crippen molar-refractivity contribution in [3.63, 3.8) is 0 Å². The van der Waals surface area contributed by atoms with E-state index in [1.165, 1.54) is 24.8 Å². The molecule has 3 nitrogen and oxygen atoms in total. The maximum absolute atomic E-state index is 12.1. The Balaban J connectivity index is 0.00000133. The maximum atomic E-state index is 12.1. The fraction of sp³-hybridized carbons (Fsp3) is 0.643. The molecule has 0 saturated carbocycles. The van der Waals surface area contributed by atoms with Crippen LogP contribution in [-0.2, 0) is 9.53 Å². The number of fused-ring (bicyclic) bond motifs is 2. The molecule has 2 bridgehead atoms. The van der Waals surface area contributed by atoms with E-state index in [9.17, 15) is 4.79 Å². The van der Waals surface area contributed by atoms with E-state index in [0.717, 1.165) is 6.42 Å². The van der Waals surface area contributed by atoms with Gasteiger partial charge in [0.05, 0.1) is 13.0 Å². The molecule has 2 saturated heterocycles. The summed E-state index contributed by atoms with van der Waals surface area (Å²) in [6.45, 7) is 0. The van der Waals surface area contributed by atoms with Gasteiger partial charge in [0.15, 0.2) is 0 Å². The number of likely N-dealkylation sites (N-methyl/N-ethyl adjacent to an activating group) is 1. The Kier molecular flexibility index (Phi) is 4.54. The van der Waals surface area contributed by atoms with Crippen molar-refractivity contribution in [1.29, 1.82) is 0 Å². The number of nitrogens with zero attached hydrogens (tertiary/aromatic N) is 1. The Labute approximate surface area is 124 Å². The van der Waals surface area contributed by atoms with Gasteiger partial charge < -0.3 is 4.74 Å². The molecular weight excluding hydrogens is 282 g/mol. The van der Waals surface area contributed by atoms with Gasteiger partial charge in [0, 0.05) is 22.9 Å². The Morgan fingerprint density at radius 1 is 1.47 bits per heavy atom. The van der Waals surface area contributed by atoms with Gasteiger partial charge in [-0.2, -0.15) is 0 Å². The Morgan fingerprint density at radius 2 is 2.26 bits per heavy atom. The second-order valence-corrected chi connectivity index (χ2v) is 6.35. The molecule has 2 aliphatic heterocycles. The molecule has 0 N–H and O–H groups in total. The van der Waals surface area contributed by atoms with E-state index in [1.807, 2.05) is 0 Å². The van der Waals surface area contributed by atoms with E-state index in [4.69, 9.17) is 4.74 Å². The Hall–Kier alpha value is -0.580. The van der Waals surface area contributed by atoms with Crippen molar-refractivity contribution >= 4 is 29.7 Å². The average Bonchev–Trinajstić information content (AvgIpc) is 2.97. The highest BCUT2D eigenvalue weighted by molar-refractivity contribution is 7.10. The zero-order valence-corrected chi connectivity index (χ0v) is 12.9. The van der Waals surface area contributed by atoms with Crippen molar-refractivity contribution in [2.75, 3.05) is 14.2 Å². The van der Waals surface area contributed by atoms with Crippen LogP contribution < -0.4 is 0 Å². The molecule has 0 aliphatic carbocycles. The van der Waals surface area contributed by atoms with Crippen molar-refractivity contribution in [2.45, 2.75) is 37.3 Å². The summed E-state index contributed by atoms with van der Waals surface area (Å²) in [5.41, 5.74) is 0. The number of hydrogen-bond donors (Lipinski definition) is 0. The summed E-state index contributed by atoms with van der Waals surface area (Å²) in [5.74, 6) is 0.335. The molecule has 4 atom stereocenters. The highest BCUT2D eigenvalue weighted by Crippen LogP contribution is 2.47. The van der Waals surface area contributed by atoms with Gasteiger partial charge in [0.2, 0.25) is 0 Å². The number of carbonyl (C=O) groups excluding carboxylic acids is 1. The molecule has 0 amide bonds. The maximum Gasteiger partial charge on any atom is 0.309 e. The first-order valence-corrected chi connectivity index (χ1v) is 7.43. The zero-order valence-electron chi connectivity index (χ0n) is 11.2. The average molecular weight is 302 g/mol. The van der Waals surface area contributed by atoms with E-state index in [-0.39, 0.29) is 24.3 Å². The number of thiophene rings is 1. The van der Waals surface area contributed by atoms with Crippen LogP contribution in [0.5, 0.6) is 0 Å². The topological polar surface area (TPSA) is 29.5 Å². The number of halogens is 1. The SMILES string of the molecule is COC(=O)[C@@H]1C[C@@H]2CC[C@@H]([C@@H]1c1cccs1)N2C.Cl. The third kappa shape index (κ3) is 2.41. The van der Waals surface area contributed by atoms with E-state index >= 15 is 0 Å². The summed E-state index contributed by atoms with van der Waals surface area (Å²) in [6, 6.07) is 5.31. The standard InChI is InChI=1S/C14H19NO2S.ClH/c1-15-9-5-6-11(15)13(12-4-3-7-18-12)10(8-9)14(16)17-2;/h3-4,7,9-11,13H,5-6,8H2,1-2H3;1H/t9-,10+,11-,13+;/m0./s1. The van der Waals surface area contributed by atoms with Crippen LogP contribution in [0.3, 0.4) is 0 Å². The van der Waals surface area contributed by atoms with Gasteiger partial charge in [0.1, 0.15) is 0 Å². The molecule has 1 aromatic rings. The minimum Gasteiger partial charge on any atom is -0.469 e. The molecule has 3 rings (SSSR count). The molecular formula is C14H20ClNO2S. The van der Waals surface area contributed by atoms with Gasteiger partial charge in [-0.25, -0.2) is 0 Å². The highest BCUT2D eigenvalue weighted by atomic mass is 35.5. The number of carbonyl (C=O) groups is 1. The number of piperidine rings is 1. The van der Waals surface area contributed by atoms with E-state index in [2.05, 4.69) is 29.5 Å². The number of methoxy groups -OCH3 is 1. The van der Waals surface area contributed by atoms with Gasteiger partial charge in [-0.1, -0.05) is 6.07 Å². The van der Waals surface area contributed by atoms with Crippen LogP contribution in [0.2, 0.25) is 0 Å². The summed E-state index contributed by atoms with van der Waals surface area (Å²) in [6.07, 6.45) is 3.37. The van der Waals surface area contributed by atoms with Crippen molar-refractivity contribution in [2.24, 2.45) is 5.92 Å². The van der Waals surface area contributed by atoms with Crippen LogP contribution in [0, 0.1) is 5.92 Å². The molecule has 19 heavy (non-hydrogen) atoms. The lowest BCUT2D eigenvalue weighted by molar-refractivity contribution is -0.149. The predicted octanol–water partition coefficient (Wildman–Crippen LogP) is 2.91. The van der Waals surface area contributed by atoms with Gasteiger partial charge in [0.25, 0.3) is 0 Å². The molecule has 106 valence electrons. The van der Waals surface area contributed by atoms with Crippen LogP contribution in [0.1, 0.15) is 30.1 Å². The molecule has 1 aromatic heterocycles. The molecule has 3 heterocycles. The third-order valence-corrected chi connectivity index (χ3v) is 5.62. The lowest BCUT2D eigenvalue weighted by Crippen LogP contribution is -2.47. The first kappa shape index (κ1) is 14.8. The minimum atomic E-state index is -0.0293. The summed E-state index contributed by atoms with van der Waals surface area (Å²) in [7, 11) is 3.71. The van der Waals surface area contributed by atoms with Gasteiger partial charge in [-0.3, -0.25) is 9.69 Å². The molecule has 0 unspecified atom stereocenters. The van der Waals surface area contributed by atoms with Crippen LogP contribution in [0.25, 0.3) is 0 Å². The lowest BCUT2D eigenvalue weighted by Gasteiger charge is -2.41. The van der Waals surface area contributed by atoms with Crippen LogP contribution in [0.4, 0.5) is 0 Å². The monoisotopic (exact) mass is 301 g/mol. The fourth-order valence-corrected chi connectivity index (χ4v) is 4.68. The normalized spacial score (nSPS) is 33.8. The van der Waals surface area contributed by atoms with Crippen LogP contribution >= 0.6 is 23.7 Å². The Bertz CT molecular complexity index is 437. The largest absolute Gasteiger partial charge is 0.469 e. The quantitative estimate of drug-likeness (QED) is 0.787. The summed E-state index contributed by atoms with van der Waals surface area (Å²) < 4.78 is 5.02. The highest BCUT2D eigenvalue weighted by Gasteiger charge is 2.49. The minimum absolute atomic E-state index is 0. The lowest BCUT2D eigenvalue weighted by atomic mass is 9.79. The Morgan fingerprint density at radius 3 is 2.89 bits per heavy atom. The third-order valence-electron chi connectivity index (χ3n) is 4.64. The van der Waals surface area contributed by atoms with E-state index in [0.29, 0.717) is 18.0 Å². The van der Waals surface area contributed by atoms with Crippen molar-refractivity contribution in [3.8, 4) is 0 Å². The fourth-order valence-electron chi connectivity index (χ4n) is 3.73. The molecule has 0 spiro atoms. The van der Waals surface area contributed by atoms with E-state index in [1.54, 1.807) is 11.3 Å². The van der Waals surface area contributed by atoms with Gasteiger partial charge in [-0.15, -0.1) is 23.7 Å². The van der Waals surface area contributed by atoms with Crippen molar-refractivity contribution < 1.29 is 9.53 Å². The first-order valence-electron chi connectivity index (χ1n) is 6.55. The van der Waals surface area contributed by atoms with Crippen LogP contribution in [-0.4, -0.2) is 37.1 Å². The number of hydrogen-bond acceptors (Lipinski definition) is 4. The van der Waals surface area contributed by atoms with Crippen molar-refractivity contribution in [1.82, 2.24) is 4.90 Å². The first-order chi connectivity index (χ1) is 8.72. The summed E-state index contributed by atoms with van der Waals surface area (Å²) >= 11 is 1.77. The number of ether oxygens (including phenoxy) is 1. The second-order valence-electron chi connectivity index (χ2n) is 5.37. The smallest absolute Gasteiger partial charge is 0.309 e. The molecule has 2 aliphatic rings. The summed E-state index contributed by atoms with van der Waals surface area (Å²) in [5, 5.41) is 2.10. The van der Waals surface area contributed by atoms with Gasteiger partial charge >= 0.3 is 5.97 Å². The summed E-state index contributed by atoms with van der Waals surface area (Å²) in [4.78, 5) is 15.9. The number of esters is 1. The molecule has 5 heteroatoms.